The Morgan fingerprint density at radius 3 is 2.83 bits per heavy atom. The van der Waals surface area contributed by atoms with Crippen LogP contribution in [0.2, 0.25) is 0 Å². The van der Waals surface area contributed by atoms with Crippen molar-refractivity contribution < 1.29 is 19.8 Å². The summed E-state index contributed by atoms with van der Waals surface area (Å²) in [5, 5.41) is 21.4. The molecular weight excluding hydrogens is 164 g/mol. The van der Waals surface area contributed by atoms with E-state index in [1.165, 1.54) is 0 Å². The van der Waals surface area contributed by atoms with Crippen molar-refractivity contribution in [2.45, 2.75) is 0 Å². The minimum Gasteiger partial charge on any atom is -0.480 e. The van der Waals surface area contributed by atoms with Crippen molar-refractivity contribution in [3.05, 3.63) is 0 Å². The van der Waals surface area contributed by atoms with Crippen molar-refractivity contribution in [2.75, 3.05) is 13.2 Å². The summed E-state index contributed by atoms with van der Waals surface area (Å²) in [5.74, 6) is -3.00. The van der Waals surface area contributed by atoms with Crippen molar-refractivity contribution in [1.82, 2.24) is 5.01 Å². The molecule has 0 aliphatic carbocycles. The average Bonchev–Trinajstić information content (AvgIpc) is 2.34. The third-order valence-electron chi connectivity index (χ3n) is 1.45. The first-order valence-corrected chi connectivity index (χ1v) is 3.36. The number of aliphatic carboxylic acids is 1. The van der Waals surface area contributed by atoms with Crippen LogP contribution in [0, 0.1) is 5.92 Å². The van der Waals surface area contributed by atoms with Gasteiger partial charge in [-0.2, -0.15) is 5.10 Å². The fourth-order valence-electron chi connectivity index (χ4n) is 0.860. The Hall–Kier alpha value is -1.43. The second kappa shape index (κ2) is 3.31. The Bertz CT molecular complexity index is 238. The second-order valence-electron chi connectivity index (χ2n) is 2.27. The molecule has 0 bridgehead atoms. The van der Waals surface area contributed by atoms with E-state index >= 15 is 0 Å². The van der Waals surface area contributed by atoms with Gasteiger partial charge in [0.25, 0.3) is 5.91 Å². The second-order valence-corrected chi connectivity index (χ2v) is 2.27. The molecule has 0 aromatic heterocycles. The van der Waals surface area contributed by atoms with Gasteiger partial charge in [-0.3, -0.25) is 9.59 Å². The lowest BCUT2D eigenvalue weighted by Crippen LogP contribution is -2.32. The van der Waals surface area contributed by atoms with Crippen molar-refractivity contribution in [3.63, 3.8) is 0 Å². The standard InChI is InChI=1S/C6H8N2O4/c9-2-1-8-5(10)4(3-7-8)6(11)12/h3-4,9H,1-2H2,(H,11,12). The van der Waals surface area contributed by atoms with Gasteiger partial charge in [-0.05, 0) is 0 Å². The van der Waals surface area contributed by atoms with E-state index in [4.69, 9.17) is 10.2 Å². The molecule has 0 aromatic rings. The zero-order chi connectivity index (χ0) is 9.14. The lowest BCUT2D eigenvalue weighted by molar-refractivity contribution is -0.146. The van der Waals surface area contributed by atoms with Crippen LogP contribution in [0.1, 0.15) is 0 Å². The van der Waals surface area contributed by atoms with Crippen molar-refractivity contribution in [2.24, 2.45) is 11.0 Å². The van der Waals surface area contributed by atoms with E-state index in [0.29, 0.717) is 0 Å². The molecular formula is C6H8N2O4. The van der Waals surface area contributed by atoms with Crippen LogP contribution in [0.3, 0.4) is 0 Å². The van der Waals surface area contributed by atoms with Gasteiger partial charge in [0, 0.05) is 6.21 Å². The molecule has 1 rings (SSSR count). The molecule has 0 spiro atoms. The molecule has 0 aromatic carbocycles. The third-order valence-corrected chi connectivity index (χ3v) is 1.45. The van der Waals surface area contributed by atoms with E-state index in [9.17, 15) is 9.59 Å². The number of nitrogens with zero attached hydrogens (tertiary/aromatic N) is 2. The molecule has 1 amide bonds. The molecule has 66 valence electrons. The Kier molecular flexibility index (Phi) is 2.39. The van der Waals surface area contributed by atoms with Gasteiger partial charge in [0.05, 0.1) is 13.2 Å². The van der Waals surface area contributed by atoms with E-state index in [1.807, 2.05) is 0 Å². The summed E-state index contributed by atoms with van der Waals surface area (Å²) in [6.45, 7) is -0.186. The number of hydrogen-bond acceptors (Lipinski definition) is 4. The van der Waals surface area contributed by atoms with Gasteiger partial charge in [-0.1, -0.05) is 0 Å². The monoisotopic (exact) mass is 172 g/mol. The number of hydrogen-bond donors (Lipinski definition) is 2. The summed E-state index contributed by atoms with van der Waals surface area (Å²) in [6.07, 6.45) is 1.06. The van der Waals surface area contributed by atoms with Crippen LogP contribution in [0.15, 0.2) is 5.10 Å². The fraction of sp³-hybridized carbons (Fsp3) is 0.500. The molecule has 1 unspecified atom stereocenters. The van der Waals surface area contributed by atoms with E-state index in [0.717, 1.165) is 11.2 Å². The van der Waals surface area contributed by atoms with Crippen molar-refractivity contribution >= 4 is 18.1 Å². The van der Waals surface area contributed by atoms with Gasteiger partial charge in [-0.15, -0.1) is 0 Å². The molecule has 6 nitrogen and oxygen atoms in total. The Balaban J connectivity index is 2.62. The number of aliphatic hydroxyl groups is 1. The summed E-state index contributed by atoms with van der Waals surface area (Å²) in [7, 11) is 0. The fourth-order valence-corrected chi connectivity index (χ4v) is 0.860. The van der Waals surface area contributed by atoms with Crippen LogP contribution >= 0.6 is 0 Å². The summed E-state index contributed by atoms with van der Waals surface area (Å²) >= 11 is 0. The number of rotatable bonds is 3. The molecule has 0 radical (unpaired) electrons. The van der Waals surface area contributed by atoms with Crippen LogP contribution in [-0.4, -0.2) is 46.5 Å². The predicted octanol–water partition coefficient (Wildman–Crippen LogP) is -1.49. The molecule has 0 saturated carbocycles. The number of carboxylic acid groups (broad SMARTS) is 1. The van der Waals surface area contributed by atoms with Gasteiger partial charge in [-0.25, -0.2) is 5.01 Å². The third kappa shape index (κ3) is 1.42. The zero-order valence-corrected chi connectivity index (χ0v) is 6.17. The highest BCUT2D eigenvalue weighted by molar-refractivity contribution is 6.12. The summed E-state index contributed by atoms with van der Waals surface area (Å²) in [5.41, 5.74) is 0. The van der Waals surface area contributed by atoms with Crippen LogP contribution in [0.4, 0.5) is 0 Å². The molecule has 0 fully saturated rings. The van der Waals surface area contributed by atoms with E-state index < -0.39 is 17.8 Å². The number of amides is 1. The quantitative estimate of drug-likeness (QED) is 0.507. The normalized spacial score (nSPS) is 21.9. The number of carbonyl (C=O) groups is 2. The van der Waals surface area contributed by atoms with Crippen molar-refractivity contribution in [3.8, 4) is 0 Å². The summed E-state index contributed by atoms with van der Waals surface area (Å²) in [4.78, 5) is 21.4. The first kappa shape index (κ1) is 8.66. The predicted molar refractivity (Wildman–Crippen MR) is 38.4 cm³/mol. The topological polar surface area (TPSA) is 90.2 Å². The Morgan fingerprint density at radius 1 is 1.75 bits per heavy atom. The highest BCUT2D eigenvalue weighted by atomic mass is 16.4. The van der Waals surface area contributed by atoms with E-state index in [1.54, 1.807) is 0 Å². The maximum absolute atomic E-state index is 11.0. The van der Waals surface area contributed by atoms with Gasteiger partial charge < -0.3 is 10.2 Å². The van der Waals surface area contributed by atoms with Gasteiger partial charge in [0.1, 0.15) is 0 Å². The first-order valence-electron chi connectivity index (χ1n) is 3.36. The van der Waals surface area contributed by atoms with Crippen LogP contribution in [-0.2, 0) is 9.59 Å². The Morgan fingerprint density at radius 2 is 2.42 bits per heavy atom. The minimum absolute atomic E-state index is 0.0408. The molecule has 12 heavy (non-hydrogen) atoms. The highest BCUT2D eigenvalue weighted by Crippen LogP contribution is 2.09. The molecule has 1 atom stereocenters. The summed E-state index contributed by atoms with van der Waals surface area (Å²) in [6, 6.07) is 0. The first-order chi connectivity index (χ1) is 5.66. The minimum atomic E-state index is -1.22. The molecule has 1 heterocycles. The molecule has 6 heteroatoms. The van der Waals surface area contributed by atoms with Gasteiger partial charge in [0.2, 0.25) is 0 Å². The number of β-amino-alcohol motifs (C(OH)–C–C–N with tert-alkyl or cyclic N) is 1. The number of carboxylic acids is 1. The molecule has 1 aliphatic rings. The Labute approximate surface area is 68.1 Å². The number of carbonyl (C=O) groups excluding carboxylic acids is 1. The lowest BCUT2D eigenvalue weighted by atomic mass is 10.2. The molecule has 1 aliphatic heterocycles. The number of aliphatic hydroxyl groups excluding tert-OH is 1. The summed E-state index contributed by atoms with van der Waals surface area (Å²) < 4.78 is 0. The lowest BCUT2D eigenvalue weighted by Gasteiger charge is -2.09. The van der Waals surface area contributed by atoms with Crippen LogP contribution in [0.25, 0.3) is 0 Å². The smallest absolute Gasteiger partial charge is 0.321 e. The maximum Gasteiger partial charge on any atom is 0.321 e. The van der Waals surface area contributed by atoms with Crippen LogP contribution < -0.4 is 0 Å². The zero-order valence-electron chi connectivity index (χ0n) is 6.17. The largest absolute Gasteiger partial charge is 0.480 e. The van der Waals surface area contributed by atoms with Crippen LogP contribution in [0.5, 0.6) is 0 Å². The van der Waals surface area contributed by atoms with Gasteiger partial charge >= 0.3 is 5.97 Å². The maximum atomic E-state index is 11.0. The van der Waals surface area contributed by atoms with E-state index in [-0.39, 0.29) is 13.2 Å². The molecule has 0 saturated heterocycles. The SMILES string of the molecule is O=C(O)C1C=NN(CCO)C1=O. The van der Waals surface area contributed by atoms with Gasteiger partial charge in [0.15, 0.2) is 5.92 Å². The number of hydrazone groups is 1. The molecule has 2 N–H and O–H groups in total. The van der Waals surface area contributed by atoms with E-state index in [2.05, 4.69) is 5.10 Å². The van der Waals surface area contributed by atoms with Crippen molar-refractivity contribution in [1.29, 1.82) is 0 Å². The average molecular weight is 172 g/mol. The highest BCUT2D eigenvalue weighted by Gasteiger charge is 2.33.